The molecule has 0 heterocycles. The number of primary amides is 1. The Morgan fingerprint density at radius 1 is 1.09 bits per heavy atom. The molecule has 3 rings (SSSR count). The van der Waals surface area contributed by atoms with Crippen LogP contribution in [0.15, 0.2) is 54.6 Å². The van der Waals surface area contributed by atoms with Crippen molar-refractivity contribution in [2.24, 2.45) is 5.73 Å². The summed E-state index contributed by atoms with van der Waals surface area (Å²) in [6.45, 7) is 3.13. The van der Waals surface area contributed by atoms with Gasteiger partial charge in [-0.3, -0.25) is 4.79 Å². The van der Waals surface area contributed by atoms with Crippen molar-refractivity contribution in [2.75, 3.05) is 13.2 Å². The van der Waals surface area contributed by atoms with E-state index in [2.05, 4.69) is 0 Å². The third-order valence-electron chi connectivity index (χ3n) is 7.08. The van der Waals surface area contributed by atoms with Crippen molar-refractivity contribution < 1.29 is 32.6 Å². The number of halogens is 3. The number of ether oxygens (including phenoxy) is 1. The second-order valence-electron chi connectivity index (χ2n) is 9.22. The summed E-state index contributed by atoms with van der Waals surface area (Å²) in [5.41, 5.74) is 2.78. The van der Waals surface area contributed by atoms with Crippen LogP contribution in [0.2, 0.25) is 0 Å². The topological polar surface area (TPSA) is 92.9 Å². The lowest BCUT2D eigenvalue weighted by molar-refractivity contribution is -0.258. The highest BCUT2D eigenvalue weighted by Crippen LogP contribution is 2.42. The molecular weight excluding hydrogens is 461 g/mol. The molecule has 0 unspecified atom stereocenters. The van der Waals surface area contributed by atoms with Gasteiger partial charge in [-0.15, -0.1) is 0 Å². The van der Waals surface area contributed by atoms with E-state index >= 15 is 0 Å². The summed E-state index contributed by atoms with van der Waals surface area (Å²) in [5.74, 6) is -0.281. The summed E-state index contributed by atoms with van der Waals surface area (Å²) in [6, 6.07) is 14.6. The van der Waals surface area contributed by atoms with Gasteiger partial charge >= 0.3 is 12.3 Å². The molecule has 2 aromatic rings. The fourth-order valence-corrected chi connectivity index (χ4v) is 4.82. The van der Waals surface area contributed by atoms with Gasteiger partial charge in [0.2, 0.25) is 0 Å². The van der Waals surface area contributed by atoms with Crippen molar-refractivity contribution >= 4 is 12.0 Å². The third kappa shape index (κ3) is 5.61. The molecule has 3 N–H and O–H groups in total. The normalized spacial score (nSPS) is 22.2. The zero-order valence-corrected chi connectivity index (χ0v) is 19.8. The summed E-state index contributed by atoms with van der Waals surface area (Å²) in [6.07, 6.45) is -2.99. The van der Waals surface area contributed by atoms with E-state index in [1.807, 2.05) is 37.3 Å². The molecule has 35 heavy (non-hydrogen) atoms. The zero-order chi connectivity index (χ0) is 25.9. The SMILES string of the molecule is CCN(C(=O)c1ccc([C@](C)(O)C(F)(F)F)cc1)[C@H]1CC[C@](COC(N)=O)(c2ccccc2)CC1. The molecule has 9 heteroatoms. The first kappa shape index (κ1) is 26.5. The number of nitrogens with zero attached hydrogens (tertiary/aromatic N) is 1. The van der Waals surface area contributed by atoms with Crippen LogP contribution < -0.4 is 5.73 Å². The van der Waals surface area contributed by atoms with Gasteiger partial charge in [-0.25, -0.2) is 4.79 Å². The number of aliphatic hydroxyl groups is 1. The van der Waals surface area contributed by atoms with E-state index < -0.39 is 23.3 Å². The molecule has 0 spiro atoms. The Bertz CT molecular complexity index is 1020. The number of rotatable bonds is 7. The molecule has 1 atom stereocenters. The number of alkyl halides is 3. The first-order valence-electron chi connectivity index (χ1n) is 11.6. The molecule has 190 valence electrons. The maximum atomic E-state index is 13.2. The number of benzene rings is 2. The van der Waals surface area contributed by atoms with E-state index in [0.717, 1.165) is 17.7 Å². The first-order valence-corrected chi connectivity index (χ1v) is 11.6. The molecule has 1 saturated carbocycles. The van der Waals surface area contributed by atoms with E-state index in [-0.39, 0.29) is 29.7 Å². The van der Waals surface area contributed by atoms with Crippen molar-refractivity contribution in [1.29, 1.82) is 0 Å². The van der Waals surface area contributed by atoms with E-state index in [0.29, 0.717) is 39.2 Å². The number of carbonyl (C=O) groups excluding carboxylic acids is 2. The Morgan fingerprint density at radius 2 is 1.66 bits per heavy atom. The van der Waals surface area contributed by atoms with Crippen molar-refractivity contribution in [2.45, 2.75) is 62.8 Å². The summed E-state index contributed by atoms with van der Waals surface area (Å²) >= 11 is 0. The quantitative estimate of drug-likeness (QED) is 0.575. The molecule has 2 amide bonds. The predicted octanol–water partition coefficient (Wildman–Crippen LogP) is 4.89. The van der Waals surface area contributed by atoms with Gasteiger partial charge in [0, 0.05) is 23.6 Å². The highest BCUT2D eigenvalue weighted by Gasteiger charge is 2.51. The Morgan fingerprint density at radius 3 is 2.14 bits per heavy atom. The van der Waals surface area contributed by atoms with Crippen LogP contribution in [-0.4, -0.2) is 47.4 Å². The molecule has 1 aliphatic rings. The Balaban J connectivity index is 1.75. The molecule has 1 fully saturated rings. The largest absolute Gasteiger partial charge is 0.449 e. The van der Waals surface area contributed by atoms with Crippen LogP contribution in [0, 0.1) is 0 Å². The Hall–Kier alpha value is -3.07. The summed E-state index contributed by atoms with van der Waals surface area (Å²) in [7, 11) is 0. The van der Waals surface area contributed by atoms with E-state index in [4.69, 9.17) is 10.5 Å². The maximum Gasteiger partial charge on any atom is 0.421 e. The van der Waals surface area contributed by atoms with Crippen molar-refractivity contribution in [1.82, 2.24) is 4.90 Å². The number of carbonyl (C=O) groups is 2. The molecular formula is C26H31F3N2O4. The predicted molar refractivity (Wildman–Crippen MR) is 125 cm³/mol. The lowest BCUT2D eigenvalue weighted by Crippen LogP contribution is -2.47. The minimum absolute atomic E-state index is 0.0733. The standard InChI is InChI=1S/C26H31F3N2O4/c1-3-31(22(32)18-9-11-19(12-10-18)24(2,34)26(27,28)29)21-13-15-25(16-14-21,17-35-23(30)33)20-7-5-4-6-8-20/h4-12,21,34H,3,13-17H2,1-2H3,(H2,30,33)/t21-,24-,25-/m0/s1. The molecule has 2 aromatic carbocycles. The number of nitrogens with two attached hydrogens (primary N) is 1. The summed E-state index contributed by atoms with van der Waals surface area (Å²) in [4.78, 5) is 26.2. The lowest BCUT2D eigenvalue weighted by atomic mass is 9.68. The van der Waals surface area contributed by atoms with E-state index in [9.17, 15) is 27.9 Å². The summed E-state index contributed by atoms with van der Waals surface area (Å²) in [5, 5.41) is 9.87. The van der Waals surface area contributed by atoms with Crippen LogP contribution in [0.4, 0.5) is 18.0 Å². The minimum atomic E-state index is -4.83. The van der Waals surface area contributed by atoms with Crippen LogP contribution in [0.3, 0.4) is 0 Å². The second-order valence-corrected chi connectivity index (χ2v) is 9.22. The second kappa shape index (κ2) is 10.3. The molecule has 1 aliphatic carbocycles. The van der Waals surface area contributed by atoms with Gasteiger partial charge in [-0.05, 0) is 62.8 Å². The monoisotopic (exact) mass is 492 g/mol. The van der Waals surface area contributed by atoms with Gasteiger partial charge in [0.15, 0.2) is 5.60 Å². The van der Waals surface area contributed by atoms with Gasteiger partial charge < -0.3 is 20.5 Å². The molecule has 0 radical (unpaired) electrons. The zero-order valence-electron chi connectivity index (χ0n) is 19.8. The molecule has 0 aromatic heterocycles. The molecule has 0 aliphatic heterocycles. The average molecular weight is 493 g/mol. The Labute approximate surface area is 202 Å². The van der Waals surface area contributed by atoms with Gasteiger partial charge in [0.25, 0.3) is 5.91 Å². The first-order chi connectivity index (χ1) is 16.4. The smallest absolute Gasteiger partial charge is 0.421 e. The fourth-order valence-electron chi connectivity index (χ4n) is 4.82. The van der Waals surface area contributed by atoms with Crippen LogP contribution in [-0.2, 0) is 15.8 Å². The fraction of sp³-hybridized carbons (Fsp3) is 0.462. The van der Waals surface area contributed by atoms with Gasteiger partial charge in [0.1, 0.15) is 6.61 Å². The number of amides is 2. The highest BCUT2D eigenvalue weighted by molar-refractivity contribution is 5.94. The van der Waals surface area contributed by atoms with Gasteiger partial charge in [-0.2, -0.15) is 13.2 Å². The van der Waals surface area contributed by atoms with E-state index in [1.54, 1.807) is 4.90 Å². The van der Waals surface area contributed by atoms with Crippen LogP contribution >= 0.6 is 0 Å². The van der Waals surface area contributed by atoms with Crippen molar-refractivity contribution in [3.8, 4) is 0 Å². The average Bonchev–Trinajstić information content (AvgIpc) is 2.84. The van der Waals surface area contributed by atoms with Gasteiger partial charge in [0.05, 0.1) is 0 Å². The van der Waals surface area contributed by atoms with E-state index in [1.165, 1.54) is 12.1 Å². The molecule has 0 saturated heterocycles. The minimum Gasteiger partial charge on any atom is -0.449 e. The van der Waals surface area contributed by atoms with Crippen LogP contribution in [0.5, 0.6) is 0 Å². The van der Waals surface area contributed by atoms with Crippen molar-refractivity contribution in [3.05, 3.63) is 71.3 Å². The Kier molecular flexibility index (Phi) is 7.79. The van der Waals surface area contributed by atoms with Crippen molar-refractivity contribution in [3.63, 3.8) is 0 Å². The molecule has 0 bridgehead atoms. The maximum absolute atomic E-state index is 13.2. The number of hydrogen-bond donors (Lipinski definition) is 2. The lowest BCUT2D eigenvalue weighted by Gasteiger charge is -2.43. The number of hydrogen-bond acceptors (Lipinski definition) is 4. The van der Waals surface area contributed by atoms with Gasteiger partial charge in [-0.1, -0.05) is 42.5 Å². The third-order valence-corrected chi connectivity index (χ3v) is 7.08. The van der Waals surface area contributed by atoms with Crippen LogP contribution in [0.25, 0.3) is 0 Å². The molecule has 6 nitrogen and oxygen atoms in total. The highest BCUT2D eigenvalue weighted by atomic mass is 19.4. The summed E-state index contributed by atoms with van der Waals surface area (Å²) < 4.78 is 44.6. The van der Waals surface area contributed by atoms with Crippen LogP contribution in [0.1, 0.15) is 61.0 Å².